The Hall–Kier alpha value is -2.14. The number of nitrogens with one attached hydrogen (secondary N) is 2. The summed E-state index contributed by atoms with van der Waals surface area (Å²) in [5.74, 6) is 1.55. The van der Waals surface area contributed by atoms with Crippen molar-refractivity contribution in [1.29, 1.82) is 0 Å². The highest BCUT2D eigenvalue weighted by molar-refractivity contribution is 8.00. The van der Waals surface area contributed by atoms with Crippen LogP contribution in [0.15, 0.2) is 70.6 Å². The summed E-state index contributed by atoms with van der Waals surface area (Å²) in [7, 11) is 1.84. The molecule has 0 radical (unpaired) electrons. The SMILES string of the molecule is CN=C(NCC1CCN(c2ccccc2)C1)NCC(C)Sc1ccccc1. The molecule has 2 aromatic carbocycles. The van der Waals surface area contributed by atoms with Gasteiger partial charge in [0.2, 0.25) is 0 Å². The standard InChI is InChI=1S/C22H30N4S/c1-18(27-21-11-7-4-8-12-21)15-24-22(23-2)25-16-19-13-14-26(17-19)20-9-5-3-6-10-20/h3-12,18-19H,13-17H2,1-2H3,(H2,23,24,25). The molecule has 0 spiro atoms. The number of nitrogens with zero attached hydrogens (tertiary/aromatic N) is 2. The van der Waals surface area contributed by atoms with E-state index < -0.39 is 0 Å². The van der Waals surface area contributed by atoms with Gasteiger partial charge < -0.3 is 15.5 Å². The summed E-state index contributed by atoms with van der Waals surface area (Å²) in [5.41, 5.74) is 1.33. The van der Waals surface area contributed by atoms with Crippen LogP contribution in [0, 0.1) is 5.92 Å². The second kappa shape index (κ2) is 10.3. The Morgan fingerprint density at radius 2 is 1.81 bits per heavy atom. The lowest BCUT2D eigenvalue weighted by Crippen LogP contribution is -2.42. The van der Waals surface area contributed by atoms with Crippen molar-refractivity contribution in [3.63, 3.8) is 0 Å². The van der Waals surface area contributed by atoms with E-state index in [0.29, 0.717) is 11.2 Å². The summed E-state index contributed by atoms with van der Waals surface area (Å²) < 4.78 is 0. The summed E-state index contributed by atoms with van der Waals surface area (Å²) in [6, 6.07) is 21.2. The fourth-order valence-electron chi connectivity index (χ4n) is 3.35. The van der Waals surface area contributed by atoms with E-state index in [1.165, 1.54) is 17.0 Å². The number of thioether (sulfide) groups is 1. The van der Waals surface area contributed by atoms with Crippen molar-refractivity contribution >= 4 is 23.4 Å². The van der Waals surface area contributed by atoms with Crippen LogP contribution < -0.4 is 15.5 Å². The summed E-state index contributed by atoms with van der Waals surface area (Å²) >= 11 is 1.89. The number of para-hydroxylation sites is 1. The molecule has 1 fully saturated rings. The summed E-state index contributed by atoms with van der Waals surface area (Å²) in [4.78, 5) is 8.16. The third-order valence-corrected chi connectivity index (χ3v) is 5.94. The van der Waals surface area contributed by atoms with Crippen molar-refractivity contribution in [2.45, 2.75) is 23.5 Å². The molecule has 1 aliphatic rings. The van der Waals surface area contributed by atoms with E-state index in [1.807, 2.05) is 18.8 Å². The van der Waals surface area contributed by atoms with Crippen LogP contribution >= 0.6 is 11.8 Å². The minimum Gasteiger partial charge on any atom is -0.371 e. The van der Waals surface area contributed by atoms with Crippen LogP contribution in [-0.4, -0.2) is 44.4 Å². The van der Waals surface area contributed by atoms with Crippen LogP contribution in [0.5, 0.6) is 0 Å². The van der Waals surface area contributed by atoms with Crippen molar-refractivity contribution in [2.75, 3.05) is 38.1 Å². The molecule has 1 heterocycles. The molecule has 4 nitrogen and oxygen atoms in total. The van der Waals surface area contributed by atoms with Gasteiger partial charge in [0.15, 0.2) is 5.96 Å². The van der Waals surface area contributed by atoms with Crippen LogP contribution in [0.25, 0.3) is 0 Å². The van der Waals surface area contributed by atoms with Gasteiger partial charge >= 0.3 is 0 Å². The number of hydrogen-bond donors (Lipinski definition) is 2. The van der Waals surface area contributed by atoms with E-state index in [1.54, 1.807) is 0 Å². The number of benzene rings is 2. The van der Waals surface area contributed by atoms with E-state index in [4.69, 9.17) is 0 Å². The van der Waals surface area contributed by atoms with Gasteiger partial charge in [-0.15, -0.1) is 11.8 Å². The summed E-state index contributed by atoms with van der Waals surface area (Å²) in [6.45, 7) is 6.33. The summed E-state index contributed by atoms with van der Waals surface area (Å²) in [6.07, 6.45) is 1.22. The molecule has 0 saturated carbocycles. The Morgan fingerprint density at radius 3 is 2.52 bits per heavy atom. The number of anilines is 1. The van der Waals surface area contributed by atoms with Crippen LogP contribution in [0.1, 0.15) is 13.3 Å². The van der Waals surface area contributed by atoms with Crippen molar-refractivity contribution < 1.29 is 0 Å². The van der Waals surface area contributed by atoms with Gasteiger partial charge in [0.25, 0.3) is 0 Å². The first-order valence-corrected chi connectivity index (χ1v) is 10.6. The van der Waals surface area contributed by atoms with E-state index in [2.05, 4.69) is 88.1 Å². The number of aliphatic imine (C=N–C) groups is 1. The number of guanidine groups is 1. The number of hydrogen-bond acceptors (Lipinski definition) is 3. The highest BCUT2D eigenvalue weighted by Gasteiger charge is 2.22. The molecule has 2 N–H and O–H groups in total. The second-order valence-electron chi connectivity index (χ2n) is 7.01. The lowest BCUT2D eigenvalue weighted by molar-refractivity contribution is 0.566. The van der Waals surface area contributed by atoms with Crippen molar-refractivity contribution in [3.8, 4) is 0 Å². The molecule has 0 bridgehead atoms. The predicted octanol–water partition coefficient (Wildman–Crippen LogP) is 3.86. The van der Waals surface area contributed by atoms with Crippen LogP contribution in [-0.2, 0) is 0 Å². The normalized spacial score (nSPS) is 18.4. The Morgan fingerprint density at radius 1 is 1.11 bits per heavy atom. The number of rotatable bonds is 7. The van der Waals surface area contributed by atoms with Crippen LogP contribution in [0.4, 0.5) is 5.69 Å². The lowest BCUT2D eigenvalue weighted by Gasteiger charge is -2.20. The van der Waals surface area contributed by atoms with Crippen LogP contribution in [0.2, 0.25) is 0 Å². The average molecular weight is 383 g/mol. The minimum absolute atomic E-state index is 0.478. The average Bonchev–Trinajstić information content (AvgIpc) is 3.19. The Bertz CT molecular complexity index is 705. The minimum atomic E-state index is 0.478. The maximum absolute atomic E-state index is 4.38. The largest absolute Gasteiger partial charge is 0.371 e. The Kier molecular flexibility index (Phi) is 7.45. The zero-order valence-electron chi connectivity index (χ0n) is 16.3. The maximum Gasteiger partial charge on any atom is 0.191 e. The van der Waals surface area contributed by atoms with E-state index >= 15 is 0 Å². The quantitative estimate of drug-likeness (QED) is 0.433. The van der Waals surface area contributed by atoms with Gasteiger partial charge in [0.05, 0.1) is 0 Å². The molecule has 2 atom stereocenters. The van der Waals surface area contributed by atoms with E-state index in [0.717, 1.165) is 32.1 Å². The van der Waals surface area contributed by atoms with Gasteiger partial charge in [0.1, 0.15) is 0 Å². The maximum atomic E-state index is 4.38. The molecule has 2 aromatic rings. The molecule has 2 unspecified atom stereocenters. The van der Waals surface area contributed by atoms with Crippen molar-refractivity contribution in [1.82, 2.24) is 10.6 Å². The third kappa shape index (κ3) is 6.21. The van der Waals surface area contributed by atoms with Gasteiger partial charge in [0, 0.05) is 49.1 Å². The van der Waals surface area contributed by atoms with Gasteiger partial charge in [-0.2, -0.15) is 0 Å². The van der Waals surface area contributed by atoms with E-state index in [9.17, 15) is 0 Å². The molecule has 3 rings (SSSR count). The molecule has 144 valence electrons. The molecular formula is C22H30N4S. The zero-order chi connectivity index (χ0) is 18.9. The van der Waals surface area contributed by atoms with Crippen molar-refractivity contribution in [2.24, 2.45) is 10.9 Å². The van der Waals surface area contributed by atoms with Gasteiger partial charge in [-0.1, -0.05) is 43.3 Å². The predicted molar refractivity (Wildman–Crippen MR) is 118 cm³/mol. The first-order chi connectivity index (χ1) is 13.2. The van der Waals surface area contributed by atoms with Gasteiger partial charge in [-0.3, -0.25) is 4.99 Å². The zero-order valence-corrected chi connectivity index (χ0v) is 17.1. The molecule has 1 aliphatic heterocycles. The first-order valence-electron chi connectivity index (χ1n) is 9.71. The second-order valence-corrected chi connectivity index (χ2v) is 8.52. The molecule has 27 heavy (non-hydrogen) atoms. The smallest absolute Gasteiger partial charge is 0.191 e. The van der Waals surface area contributed by atoms with Crippen LogP contribution in [0.3, 0.4) is 0 Å². The van der Waals surface area contributed by atoms with Gasteiger partial charge in [-0.05, 0) is 36.6 Å². The fraction of sp³-hybridized carbons (Fsp3) is 0.409. The van der Waals surface area contributed by atoms with Crippen molar-refractivity contribution in [3.05, 3.63) is 60.7 Å². The van der Waals surface area contributed by atoms with E-state index in [-0.39, 0.29) is 0 Å². The van der Waals surface area contributed by atoms with Gasteiger partial charge in [-0.25, -0.2) is 0 Å². The lowest BCUT2D eigenvalue weighted by atomic mass is 10.1. The Labute approximate surface area is 167 Å². The fourth-order valence-corrected chi connectivity index (χ4v) is 4.29. The topological polar surface area (TPSA) is 39.7 Å². The molecular weight excluding hydrogens is 352 g/mol. The Balaban J connectivity index is 1.38. The first kappa shape index (κ1) is 19.6. The summed E-state index contributed by atoms with van der Waals surface area (Å²) in [5, 5.41) is 7.44. The highest BCUT2D eigenvalue weighted by Crippen LogP contribution is 2.23. The third-order valence-electron chi connectivity index (χ3n) is 4.83. The monoisotopic (exact) mass is 382 g/mol. The molecule has 0 amide bonds. The molecule has 1 saturated heterocycles. The molecule has 0 aliphatic carbocycles. The molecule has 0 aromatic heterocycles. The molecule has 5 heteroatoms. The highest BCUT2D eigenvalue weighted by atomic mass is 32.2.